The molecule has 2 rings (SSSR count). The summed E-state index contributed by atoms with van der Waals surface area (Å²) in [5.74, 6) is 0.774. The molecule has 0 aliphatic carbocycles. The summed E-state index contributed by atoms with van der Waals surface area (Å²) in [5, 5.41) is 0. The molecular weight excluding hydrogens is 192 g/mol. The van der Waals surface area contributed by atoms with Gasteiger partial charge in [0.15, 0.2) is 0 Å². The summed E-state index contributed by atoms with van der Waals surface area (Å²) < 4.78 is 10.2. The number of cyclic esters (lactones) is 1. The Morgan fingerprint density at radius 2 is 2.13 bits per heavy atom. The van der Waals surface area contributed by atoms with Gasteiger partial charge in [-0.3, -0.25) is 4.79 Å². The first-order valence-electron chi connectivity index (χ1n) is 5.10. The van der Waals surface area contributed by atoms with E-state index >= 15 is 0 Å². The van der Waals surface area contributed by atoms with Gasteiger partial charge in [-0.25, -0.2) is 0 Å². The van der Waals surface area contributed by atoms with Crippen LogP contribution in [0.5, 0.6) is 5.75 Å². The number of methoxy groups -OCH3 is 1. The lowest BCUT2D eigenvalue weighted by molar-refractivity contribution is -0.141. The van der Waals surface area contributed by atoms with Gasteiger partial charge in [-0.1, -0.05) is 12.1 Å². The van der Waals surface area contributed by atoms with Crippen molar-refractivity contribution in [1.82, 2.24) is 0 Å². The summed E-state index contributed by atoms with van der Waals surface area (Å²) >= 11 is 0. The van der Waals surface area contributed by atoms with E-state index in [2.05, 4.69) is 0 Å². The topological polar surface area (TPSA) is 35.5 Å². The SMILES string of the molecule is COc1ccc(CC2CCC(=O)O2)cc1. The summed E-state index contributed by atoms with van der Waals surface area (Å²) in [6.45, 7) is 0. The maximum atomic E-state index is 10.9. The van der Waals surface area contributed by atoms with Crippen LogP contribution in [0.2, 0.25) is 0 Å². The minimum Gasteiger partial charge on any atom is -0.497 e. The molecule has 1 unspecified atom stereocenters. The minimum absolute atomic E-state index is 0.0610. The molecule has 15 heavy (non-hydrogen) atoms. The van der Waals surface area contributed by atoms with Gasteiger partial charge in [-0.15, -0.1) is 0 Å². The van der Waals surface area contributed by atoms with E-state index in [0.717, 1.165) is 18.6 Å². The fourth-order valence-electron chi connectivity index (χ4n) is 1.75. The molecule has 1 heterocycles. The van der Waals surface area contributed by atoms with Crippen LogP contribution in [0.15, 0.2) is 24.3 Å². The Balaban J connectivity index is 1.96. The number of carbonyl (C=O) groups excluding carboxylic acids is 1. The van der Waals surface area contributed by atoms with Crippen LogP contribution in [-0.4, -0.2) is 19.2 Å². The van der Waals surface area contributed by atoms with Gasteiger partial charge in [-0.05, 0) is 24.1 Å². The lowest BCUT2D eigenvalue weighted by atomic mass is 10.1. The molecule has 1 saturated heterocycles. The van der Waals surface area contributed by atoms with Crippen molar-refractivity contribution >= 4 is 5.97 Å². The number of benzene rings is 1. The van der Waals surface area contributed by atoms with E-state index in [-0.39, 0.29) is 12.1 Å². The van der Waals surface area contributed by atoms with E-state index in [4.69, 9.17) is 9.47 Å². The van der Waals surface area contributed by atoms with Crippen molar-refractivity contribution < 1.29 is 14.3 Å². The molecule has 1 aromatic carbocycles. The molecule has 0 aromatic heterocycles. The Bertz CT molecular complexity index is 342. The maximum Gasteiger partial charge on any atom is 0.306 e. The zero-order valence-corrected chi connectivity index (χ0v) is 8.73. The highest BCUT2D eigenvalue weighted by atomic mass is 16.5. The van der Waals surface area contributed by atoms with Crippen molar-refractivity contribution in [3.05, 3.63) is 29.8 Å². The quantitative estimate of drug-likeness (QED) is 0.709. The second kappa shape index (κ2) is 4.34. The third-order valence-electron chi connectivity index (χ3n) is 2.59. The molecule has 3 nitrogen and oxygen atoms in total. The summed E-state index contributed by atoms with van der Waals surface area (Å²) in [5.41, 5.74) is 1.18. The van der Waals surface area contributed by atoms with E-state index in [1.165, 1.54) is 5.56 Å². The molecule has 3 heteroatoms. The van der Waals surface area contributed by atoms with Crippen molar-refractivity contribution in [3.63, 3.8) is 0 Å². The molecule has 0 saturated carbocycles. The lowest BCUT2D eigenvalue weighted by Gasteiger charge is -2.09. The fourth-order valence-corrected chi connectivity index (χ4v) is 1.75. The second-order valence-corrected chi connectivity index (χ2v) is 3.70. The predicted molar refractivity (Wildman–Crippen MR) is 55.8 cm³/mol. The smallest absolute Gasteiger partial charge is 0.306 e. The fraction of sp³-hybridized carbons (Fsp3) is 0.417. The van der Waals surface area contributed by atoms with Gasteiger partial charge < -0.3 is 9.47 Å². The first kappa shape index (κ1) is 10.0. The number of carbonyl (C=O) groups is 1. The normalized spacial score (nSPS) is 20.1. The van der Waals surface area contributed by atoms with Gasteiger partial charge in [0.2, 0.25) is 0 Å². The third-order valence-corrected chi connectivity index (χ3v) is 2.59. The Morgan fingerprint density at radius 1 is 1.40 bits per heavy atom. The summed E-state index contributed by atoms with van der Waals surface area (Å²) in [6, 6.07) is 7.86. The predicted octanol–water partition coefficient (Wildman–Crippen LogP) is 1.94. The van der Waals surface area contributed by atoms with Crippen LogP contribution in [0, 0.1) is 0 Å². The summed E-state index contributed by atoms with van der Waals surface area (Å²) in [4.78, 5) is 10.9. The molecule has 1 atom stereocenters. The molecule has 1 aliphatic heterocycles. The molecule has 0 N–H and O–H groups in total. The Labute approximate surface area is 89.0 Å². The minimum atomic E-state index is -0.0755. The first-order valence-corrected chi connectivity index (χ1v) is 5.10. The first-order chi connectivity index (χ1) is 7.28. The van der Waals surface area contributed by atoms with E-state index in [0.29, 0.717) is 6.42 Å². The molecule has 0 amide bonds. The zero-order chi connectivity index (χ0) is 10.7. The zero-order valence-electron chi connectivity index (χ0n) is 8.73. The largest absolute Gasteiger partial charge is 0.497 e. The highest BCUT2D eigenvalue weighted by molar-refractivity contribution is 5.71. The van der Waals surface area contributed by atoms with E-state index in [9.17, 15) is 4.79 Å². The van der Waals surface area contributed by atoms with Gasteiger partial charge in [0.05, 0.1) is 7.11 Å². The highest BCUT2D eigenvalue weighted by Gasteiger charge is 2.23. The van der Waals surface area contributed by atoms with Crippen molar-refractivity contribution in [2.24, 2.45) is 0 Å². The van der Waals surface area contributed by atoms with Gasteiger partial charge in [0.1, 0.15) is 11.9 Å². The van der Waals surface area contributed by atoms with Crippen LogP contribution in [0.3, 0.4) is 0 Å². The Hall–Kier alpha value is -1.51. The number of hydrogen-bond acceptors (Lipinski definition) is 3. The average Bonchev–Trinajstić information content (AvgIpc) is 2.65. The second-order valence-electron chi connectivity index (χ2n) is 3.70. The van der Waals surface area contributed by atoms with Crippen molar-refractivity contribution in [2.75, 3.05) is 7.11 Å². The Morgan fingerprint density at radius 3 is 2.67 bits per heavy atom. The summed E-state index contributed by atoms with van der Waals surface area (Å²) in [6.07, 6.45) is 2.26. The van der Waals surface area contributed by atoms with Crippen molar-refractivity contribution in [2.45, 2.75) is 25.4 Å². The van der Waals surface area contributed by atoms with Crippen LogP contribution in [0.25, 0.3) is 0 Å². The number of ether oxygens (including phenoxy) is 2. The van der Waals surface area contributed by atoms with Gasteiger partial charge >= 0.3 is 5.97 Å². The van der Waals surface area contributed by atoms with E-state index in [1.54, 1.807) is 7.11 Å². The van der Waals surface area contributed by atoms with Crippen molar-refractivity contribution in [3.8, 4) is 5.75 Å². The molecule has 1 aromatic rings. The number of hydrogen-bond donors (Lipinski definition) is 0. The molecule has 1 fully saturated rings. The molecule has 0 radical (unpaired) electrons. The molecule has 80 valence electrons. The van der Waals surface area contributed by atoms with Crippen LogP contribution in [0.4, 0.5) is 0 Å². The van der Waals surface area contributed by atoms with Crippen LogP contribution in [0.1, 0.15) is 18.4 Å². The van der Waals surface area contributed by atoms with Crippen molar-refractivity contribution in [1.29, 1.82) is 0 Å². The van der Waals surface area contributed by atoms with Gasteiger partial charge in [-0.2, -0.15) is 0 Å². The van der Waals surface area contributed by atoms with Crippen LogP contribution in [-0.2, 0) is 16.0 Å². The average molecular weight is 206 g/mol. The third kappa shape index (κ3) is 2.49. The monoisotopic (exact) mass is 206 g/mol. The highest BCUT2D eigenvalue weighted by Crippen LogP contribution is 2.19. The Kier molecular flexibility index (Phi) is 2.90. The van der Waals surface area contributed by atoms with Gasteiger partial charge in [0, 0.05) is 12.8 Å². The van der Waals surface area contributed by atoms with Crippen LogP contribution < -0.4 is 4.74 Å². The van der Waals surface area contributed by atoms with E-state index < -0.39 is 0 Å². The number of rotatable bonds is 3. The molecule has 1 aliphatic rings. The van der Waals surface area contributed by atoms with E-state index in [1.807, 2.05) is 24.3 Å². The maximum absolute atomic E-state index is 10.9. The molecule has 0 bridgehead atoms. The van der Waals surface area contributed by atoms with Crippen LogP contribution >= 0.6 is 0 Å². The number of esters is 1. The molecular formula is C12H14O3. The lowest BCUT2D eigenvalue weighted by Crippen LogP contribution is -2.10. The molecule has 0 spiro atoms. The standard InChI is InChI=1S/C12H14O3/c1-14-10-4-2-9(3-5-10)8-11-6-7-12(13)15-11/h2-5,11H,6-8H2,1H3. The summed E-state index contributed by atoms with van der Waals surface area (Å²) in [7, 11) is 1.65. The van der Waals surface area contributed by atoms with Gasteiger partial charge in [0.25, 0.3) is 0 Å².